The molecule has 3 rings (SSSR count). The van der Waals surface area contributed by atoms with Crippen LogP contribution in [-0.2, 0) is 0 Å². The van der Waals surface area contributed by atoms with Crippen LogP contribution in [0, 0.1) is 10.1 Å². The lowest BCUT2D eigenvalue weighted by Gasteiger charge is -2.18. The van der Waals surface area contributed by atoms with Crippen LogP contribution in [0.15, 0.2) is 24.4 Å². The van der Waals surface area contributed by atoms with Crippen molar-refractivity contribution in [3.63, 3.8) is 0 Å². The largest absolute Gasteiger partial charge is 0.383 e. The smallest absolute Gasteiger partial charge is 0.293 e. The van der Waals surface area contributed by atoms with Crippen LogP contribution in [0.3, 0.4) is 0 Å². The molecule has 2 heterocycles. The molecule has 0 aliphatic carbocycles. The molecule has 0 amide bonds. The number of hydrogen-bond donors (Lipinski definition) is 2. The molecule has 1 saturated heterocycles. The lowest BCUT2D eigenvalue weighted by Crippen LogP contribution is -2.18. The highest BCUT2D eigenvalue weighted by Gasteiger charge is 2.23. The van der Waals surface area contributed by atoms with Crippen molar-refractivity contribution in [3.8, 4) is 11.1 Å². The molecule has 0 spiro atoms. The molecule has 0 bridgehead atoms. The van der Waals surface area contributed by atoms with Crippen LogP contribution in [0.25, 0.3) is 11.1 Å². The summed E-state index contributed by atoms with van der Waals surface area (Å²) in [6, 6.07) is 5.07. The van der Waals surface area contributed by atoms with E-state index in [1.54, 1.807) is 12.1 Å². The van der Waals surface area contributed by atoms with E-state index in [4.69, 9.17) is 11.5 Å². The Labute approximate surface area is 126 Å². The van der Waals surface area contributed by atoms with Crippen LogP contribution in [0.2, 0.25) is 0 Å². The maximum Gasteiger partial charge on any atom is 0.293 e. The van der Waals surface area contributed by atoms with Gasteiger partial charge in [0.2, 0.25) is 5.95 Å². The number of nitrogens with two attached hydrogens (primary N) is 2. The van der Waals surface area contributed by atoms with E-state index in [2.05, 4.69) is 9.97 Å². The van der Waals surface area contributed by atoms with Gasteiger partial charge in [0.1, 0.15) is 11.5 Å². The molecule has 1 aliphatic heterocycles. The molecular weight excluding hydrogens is 284 g/mol. The summed E-state index contributed by atoms with van der Waals surface area (Å²) in [5, 5.41) is 11.4. The van der Waals surface area contributed by atoms with Crippen molar-refractivity contribution < 1.29 is 4.92 Å². The summed E-state index contributed by atoms with van der Waals surface area (Å²) < 4.78 is 0. The van der Waals surface area contributed by atoms with Gasteiger partial charge >= 0.3 is 0 Å². The minimum absolute atomic E-state index is 0.0654. The number of nitro benzene ring substituents is 1. The summed E-state index contributed by atoms with van der Waals surface area (Å²) in [6.07, 6.45) is 3.58. The third-order valence-corrected chi connectivity index (χ3v) is 3.77. The average molecular weight is 300 g/mol. The van der Waals surface area contributed by atoms with Gasteiger partial charge in [-0.15, -0.1) is 0 Å². The van der Waals surface area contributed by atoms with Gasteiger partial charge in [-0.2, -0.15) is 4.98 Å². The molecule has 1 aliphatic rings. The predicted octanol–water partition coefficient (Wildman–Crippen LogP) is 1.82. The summed E-state index contributed by atoms with van der Waals surface area (Å²) in [4.78, 5) is 20.8. The highest BCUT2D eigenvalue weighted by atomic mass is 16.6. The summed E-state index contributed by atoms with van der Waals surface area (Å²) in [5.74, 6) is 0.278. The van der Waals surface area contributed by atoms with Gasteiger partial charge < -0.3 is 16.4 Å². The van der Waals surface area contributed by atoms with Gasteiger partial charge in [0.25, 0.3) is 5.69 Å². The maximum atomic E-state index is 11.4. The van der Waals surface area contributed by atoms with E-state index in [0.29, 0.717) is 16.8 Å². The Kier molecular flexibility index (Phi) is 3.50. The number of hydrogen-bond acceptors (Lipinski definition) is 7. The lowest BCUT2D eigenvalue weighted by molar-refractivity contribution is -0.384. The highest BCUT2D eigenvalue weighted by molar-refractivity contribution is 5.79. The predicted molar refractivity (Wildman–Crippen MR) is 84.4 cm³/mol. The summed E-state index contributed by atoms with van der Waals surface area (Å²) in [6.45, 7) is 1.68. The fourth-order valence-corrected chi connectivity index (χ4v) is 2.69. The van der Waals surface area contributed by atoms with Gasteiger partial charge in [-0.05, 0) is 24.5 Å². The van der Waals surface area contributed by atoms with Crippen molar-refractivity contribution in [2.45, 2.75) is 12.8 Å². The minimum Gasteiger partial charge on any atom is -0.383 e. The number of rotatable bonds is 3. The van der Waals surface area contributed by atoms with E-state index >= 15 is 0 Å². The monoisotopic (exact) mass is 300 g/mol. The number of nitro groups is 1. The van der Waals surface area contributed by atoms with Crippen LogP contribution >= 0.6 is 0 Å². The standard InChI is InChI=1S/C14H16N6O2/c15-13-10(8-17-14(16)18-13)9-3-4-11(12(7-9)20(21)22)19-5-1-2-6-19/h3-4,7-8H,1-2,5-6H2,(H4,15,16,17,18). The van der Waals surface area contributed by atoms with Crippen LogP contribution in [-0.4, -0.2) is 28.0 Å². The molecule has 1 aromatic heterocycles. The molecule has 1 fully saturated rings. The fourth-order valence-electron chi connectivity index (χ4n) is 2.69. The third kappa shape index (κ3) is 2.50. The Morgan fingerprint density at radius 2 is 1.95 bits per heavy atom. The van der Waals surface area contributed by atoms with Crippen molar-refractivity contribution in [1.82, 2.24) is 9.97 Å². The van der Waals surface area contributed by atoms with Gasteiger partial charge in [0.15, 0.2) is 0 Å². The van der Waals surface area contributed by atoms with Crippen molar-refractivity contribution in [2.75, 3.05) is 29.5 Å². The van der Waals surface area contributed by atoms with Crippen LogP contribution in [0.5, 0.6) is 0 Å². The van der Waals surface area contributed by atoms with E-state index < -0.39 is 0 Å². The van der Waals surface area contributed by atoms with E-state index in [-0.39, 0.29) is 22.4 Å². The van der Waals surface area contributed by atoms with E-state index in [1.807, 2.05) is 4.90 Å². The van der Waals surface area contributed by atoms with Crippen molar-refractivity contribution in [3.05, 3.63) is 34.5 Å². The molecule has 0 saturated carbocycles. The van der Waals surface area contributed by atoms with Crippen molar-refractivity contribution in [1.29, 1.82) is 0 Å². The second kappa shape index (κ2) is 5.47. The highest BCUT2D eigenvalue weighted by Crippen LogP contribution is 2.35. The topological polar surface area (TPSA) is 124 Å². The first-order valence-electron chi connectivity index (χ1n) is 6.98. The van der Waals surface area contributed by atoms with Gasteiger partial charge in [-0.1, -0.05) is 6.07 Å². The molecule has 0 unspecified atom stereocenters. The second-order valence-corrected chi connectivity index (χ2v) is 5.18. The van der Waals surface area contributed by atoms with Gasteiger partial charge in [-0.25, -0.2) is 4.98 Å². The van der Waals surface area contributed by atoms with Gasteiger partial charge in [0, 0.05) is 30.9 Å². The third-order valence-electron chi connectivity index (χ3n) is 3.77. The molecule has 0 atom stereocenters. The Morgan fingerprint density at radius 3 is 2.59 bits per heavy atom. The lowest BCUT2D eigenvalue weighted by atomic mass is 10.1. The first kappa shape index (κ1) is 14.1. The molecule has 8 heteroatoms. The normalized spacial score (nSPS) is 14.3. The number of aromatic nitrogens is 2. The Morgan fingerprint density at radius 1 is 1.23 bits per heavy atom. The fraction of sp³-hybridized carbons (Fsp3) is 0.286. The molecule has 0 radical (unpaired) electrons. The molecule has 22 heavy (non-hydrogen) atoms. The molecule has 114 valence electrons. The van der Waals surface area contributed by atoms with Crippen LogP contribution in [0.4, 0.5) is 23.1 Å². The Hall–Kier alpha value is -2.90. The average Bonchev–Trinajstić information content (AvgIpc) is 3.00. The number of benzene rings is 1. The van der Waals surface area contributed by atoms with E-state index in [0.717, 1.165) is 25.9 Å². The second-order valence-electron chi connectivity index (χ2n) is 5.18. The summed E-state index contributed by atoms with van der Waals surface area (Å²) >= 11 is 0. The number of anilines is 3. The maximum absolute atomic E-state index is 11.4. The first-order valence-corrected chi connectivity index (χ1v) is 6.98. The SMILES string of the molecule is Nc1ncc(-c2ccc(N3CCCC3)c([N+](=O)[O-])c2)c(N)n1. The van der Waals surface area contributed by atoms with E-state index in [9.17, 15) is 10.1 Å². The molecule has 1 aromatic carbocycles. The zero-order chi connectivity index (χ0) is 15.7. The summed E-state index contributed by atoms with van der Waals surface area (Å²) in [5.41, 5.74) is 13.1. The first-order chi connectivity index (χ1) is 10.6. The zero-order valence-electron chi connectivity index (χ0n) is 11.9. The van der Waals surface area contributed by atoms with E-state index in [1.165, 1.54) is 12.3 Å². The molecule has 2 aromatic rings. The van der Waals surface area contributed by atoms with Crippen LogP contribution < -0.4 is 16.4 Å². The van der Waals surface area contributed by atoms with Gasteiger partial charge in [-0.3, -0.25) is 10.1 Å². The van der Waals surface area contributed by atoms with Gasteiger partial charge in [0.05, 0.1) is 4.92 Å². The molecule has 8 nitrogen and oxygen atoms in total. The Balaban J connectivity index is 2.07. The van der Waals surface area contributed by atoms with Crippen LogP contribution in [0.1, 0.15) is 12.8 Å². The number of nitrogen functional groups attached to an aromatic ring is 2. The molecular formula is C14H16N6O2. The molecule has 4 N–H and O–H groups in total. The minimum atomic E-state index is -0.370. The quantitative estimate of drug-likeness (QED) is 0.654. The zero-order valence-corrected chi connectivity index (χ0v) is 11.9. The summed E-state index contributed by atoms with van der Waals surface area (Å²) in [7, 11) is 0. The van der Waals surface area contributed by atoms with Crippen molar-refractivity contribution >= 4 is 23.1 Å². The van der Waals surface area contributed by atoms with Crippen molar-refractivity contribution in [2.24, 2.45) is 0 Å². The number of nitrogens with zero attached hydrogens (tertiary/aromatic N) is 4. The Bertz CT molecular complexity index is 727.